The van der Waals surface area contributed by atoms with Crippen molar-refractivity contribution >= 4 is 5.65 Å². The molecule has 2 heterocycles. The van der Waals surface area contributed by atoms with Gasteiger partial charge in [-0.1, -0.05) is 0 Å². The van der Waals surface area contributed by atoms with Crippen LogP contribution in [0.3, 0.4) is 0 Å². The molecule has 0 aliphatic carbocycles. The van der Waals surface area contributed by atoms with Gasteiger partial charge in [0.25, 0.3) is 5.56 Å². The van der Waals surface area contributed by atoms with Gasteiger partial charge < -0.3 is 0 Å². The van der Waals surface area contributed by atoms with Crippen LogP contribution in [0.5, 0.6) is 0 Å². The number of H-pyrrole nitrogens is 2. The Morgan fingerprint density at radius 1 is 1.67 bits per heavy atom. The number of aromatic nitrogens is 4. The van der Waals surface area contributed by atoms with Gasteiger partial charge in [0.2, 0.25) is 0 Å². The van der Waals surface area contributed by atoms with Crippen LogP contribution in [0, 0.1) is 0 Å². The van der Waals surface area contributed by atoms with Crippen molar-refractivity contribution in [2.24, 2.45) is 0 Å². The minimum absolute atomic E-state index is 0.122. The summed E-state index contributed by atoms with van der Waals surface area (Å²) < 4.78 is 1.52. The highest BCUT2D eigenvalue weighted by atomic mass is 16.1. The third-order valence-corrected chi connectivity index (χ3v) is 1.11. The normalized spacial score (nSPS) is 10.7. The predicted molar refractivity (Wildman–Crippen MR) is 30.2 cm³/mol. The van der Waals surface area contributed by atoms with Crippen molar-refractivity contribution < 1.29 is 0 Å². The fraction of sp³-hybridized carbons (Fsp3) is 0. The molecule has 5 heteroatoms. The standard InChI is InChI=1S/C4H4N4O/c9-4-1-3-6-5-2-8(3)7-4/h1-2,6H,(H,7,9). The Morgan fingerprint density at radius 3 is 3.33 bits per heavy atom. The van der Waals surface area contributed by atoms with E-state index in [-0.39, 0.29) is 5.56 Å². The molecule has 0 aromatic carbocycles. The van der Waals surface area contributed by atoms with Gasteiger partial charge in [-0.3, -0.25) is 15.0 Å². The zero-order chi connectivity index (χ0) is 6.27. The van der Waals surface area contributed by atoms with Crippen molar-refractivity contribution in [3.8, 4) is 0 Å². The van der Waals surface area contributed by atoms with E-state index in [1.807, 2.05) is 0 Å². The van der Waals surface area contributed by atoms with Gasteiger partial charge in [0, 0.05) is 6.07 Å². The quantitative estimate of drug-likeness (QED) is 0.490. The summed E-state index contributed by atoms with van der Waals surface area (Å²) in [4.78, 5) is 10.5. The van der Waals surface area contributed by atoms with E-state index in [4.69, 9.17) is 0 Å². The molecule has 2 N–H and O–H groups in total. The minimum atomic E-state index is -0.122. The highest BCUT2D eigenvalue weighted by Gasteiger charge is 1.93. The van der Waals surface area contributed by atoms with Crippen LogP contribution in [0.4, 0.5) is 0 Å². The van der Waals surface area contributed by atoms with Gasteiger partial charge in [-0.05, 0) is 0 Å². The SMILES string of the molecule is O=c1cc2[nH]ncn2[nH]1. The lowest BCUT2D eigenvalue weighted by Crippen LogP contribution is -1.97. The van der Waals surface area contributed by atoms with E-state index in [1.165, 1.54) is 16.9 Å². The molecule has 0 amide bonds. The van der Waals surface area contributed by atoms with Gasteiger partial charge >= 0.3 is 0 Å². The largest absolute Gasteiger partial charge is 0.268 e. The summed E-state index contributed by atoms with van der Waals surface area (Å²) >= 11 is 0. The maximum absolute atomic E-state index is 10.5. The van der Waals surface area contributed by atoms with Crippen LogP contribution in [0.25, 0.3) is 5.65 Å². The zero-order valence-electron chi connectivity index (χ0n) is 4.46. The molecular weight excluding hydrogens is 120 g/mol. The average molecular weight is 124 g/mol. The molecule has 2 aromatic rings. The summed E-state index contributed by atoms with van der Waals surface area (Å²) in [5, 5.41) is 8.80. The Morgan fingerprint density at radius 2 is 2.56 bits per heavy atom. The van der Waals surface area contributed by atoms with Crippen molar-refractivity contribution in [3.05, 3.63) is 22.7 Å². The molecule has 0 fully saturated rings. The first-order valence-electron chi connectivity index (χ1n) is 2.47. The lowest BCUT2D eigenvalue weighted by molar-refractivity contribution is 0.932. The fourth-order valence-electron chi connectivity index (χ4n) is 0.735. The van der Waals surface area contributed by atoms with Gasteiger partial charge in [-0.25, -0.2) is 4.52 Å². The molecule has 2 rings (SSSR count). The van der Waals surface area contributed by atoms with Crippen molar-refractivity contribution in [2.45, 2.75) is 0 Å². The fourth-order valence-corrected chi connectivity index (χ4v) is 0.735. The summed E-state index contributed by atoms with van der Waals surface area (Å²) in [6.45, 7) is 0. The van der Waals surface area contributed by atoms with Crippen molar-refractivity contribution in [1.82, 2.24) is 19.8 Å². The highest BCUT2D eigenvalue weighted by molar-refractivity contribution is 5.32. The maximum Gasteiger partial charge on any atom is 0.266 e. The first-order valence-corrected chi connectivity index (χ1v) is 2.47. The second kappa shape index (κ2) is 1.25. The van der Waals surface area contributed by atoms with E-state index in [9.17, 15) is 4.79 Å². The van der Waals surface area contributed by atoms with E-state index < -0.39 is 0 Å². The molecule has 0 saturated heterocycles. The Hall–Kier alpha value is -1.52. The summed E-state index contributed by atoms with van der Waals surface area (Å²) in [5.41, 5.74) is 0.559. The number of rotatable bonds is 0. The lowest BCUT2D eigenvalue weighted by atomic mass is 10.7. The van der Waals surface area contributed by atoms with E-state index in [2.05, 4.69) is 15.3 Å². The Bertz CT molecular complexity index is 335. The number of hydrogen-bond donors (Lipinski definition) is 2. The van der Waals surface area contributed by atoms with Gasteiger partial charge in [0.15, 0.2) is 5.65 Å². The van der Waals surface area contributed by atoms with Crippen LogP contribution in [0.15, 0.2) is 17.2 Å². The smallest absolute Gasteiger partial charge is 0.266 e. The molecule has 0 aliphatic rings. The molecule has 9 heavy (non-hydrogen) atoms. The molecule has 0 bridgehead atoms. The molecule has 0 saturated carbocycles. The lowest BCUT2D eigenvalue weighted by Gasteiger charge is -1.72. The summed E-state index contributed by atoms with van der Waals surface area (Å²) in [6.07, 6.45) is 1.50. The molecule has 2 aromatic heterocycles. The Labute approximate surface area is 49.3 Å². The maximum atomic E-state index is 10.5. The minimum Gasteiger partial charge on any atom is -0.268 e. The van der Waals surface area contributed by atoms with Gasteiger partial charge in [-0.15, -0.1) is 0 Å². The molecule has 0 atom stereocenters. The van der Waals surface area contributed by atoms with Gasteiger partial charge in [0.1, 0.15) is 6.33 Å². The Balaban J connectivity index is 3.08. The van der Waals surface area contributed by atoms with Crippen LogP contribution < -0.4 is 5.56 Å². The summed E-state index contributed by atoms with van der Waals surface area (Å²) in [6, 6.07) is 1.44. The first kappa shape index (κ1) is 4.37. The molecule has 46 valence electrons. The molecular formula is C4H4N4O. The summed E-state index contributed by atoms with van der Waals surface area (Å²) in [7, 11) is 0. The van der Waals surface area contributed by atoms with E-state index in [1.54, 1.807) is 0 Å². The molecule has 0 unspecified atom stereocenters. The third kappa shape index (κ3) is 0.479. The van der Waals surface area contributed by atoms with E-state index in [0.717, 1.165) is 0 Å². The molecule has 0 radical (unpaired) electrons. The van der Waals surface area contributed by atoms with Crippen LogP contribution in [0.2, 0.25) is 0 Å². The number of fused-ring (bicyclic) bond motifs is 1. The third-order valence-electron chi connectivity index (χ3n) is 1.11. The van der Waals surface area contributed by atoms with Crippen LogP contribution in [-0.2, 0) is 0 Å². The topological polar surface area (TPSA) is 65.9 Å². The number of hydrogen-bond acceptors (Lipinski definition) is 2. The van der Waals surface area contributed by atoms with E-state index >= 15 is 0 Å². The molecule has 5 nitrogen and oxygen atoms in total. The highest BCUT2D eigenvalue weighted by Crippen LogP contribution is 1.86. The summed E-state index contributed by atoms with van der Waals surface area (Å²) in [5.74, 6) is 0. The Kier molecular flexibility index (Phi) is 0.606. The second-order valence-corrected chi connectivity index (χ2v) is 1.73. The van der Waals surface area contributed by atoms with Crippen LogP contribution in [-0.4, -0.2) is 19.8 Å². The van der Waals surface area contributed by atoms with E-state index in [0.29, 0.717) is 5.65 Å². The number of nitrogens with zero attached hydrogens (tertiary/aromatic N) is 2. The first-order chi connectivity index (χ1) is 4.36. The van der Waals surface area contributed by atoms with Crippen LogP contribution in [0.1, 0.15) is 0 Å². The van der Waals surface area contributed by atoms with Crippen molar-refractivity contribution in [3.63, 3.8) is 0 Å². The average Bonchev–Trinajstić information content (AvgIpc) is 2.22. The molecule has 0 spiro atoms. The second-order valence-electron chi connectivity index (χ2n) is 1.73. The zero-order valence-corrected chi connectivity index (χ0v) is 4.46. The number of aromatic amines is 2. The van der Waals surface area contributed by atoms with Crippen molar-refractivity contribution in [2.75, 3.05) is 0 Å². The molecule has 0 aliphatic heterocycles. The van der Waals surface area contributed by atoms with Gasteiger partial charge in [-0.2, -0.15) is 5.10 Å². The monoisotopic (exact) mass is 124 g/mol. The van der Waals surface area contributed by atoms with Crippen molar-refractivity contribution in [1.29, 1.82) is 0 Å². The number of nitrogens with one attached hydrogen (secondary N) is 2. The predicted octanol–water partition coefficient (Wildman–Crippen LogP) is -0.649. The van der Waals surface area contributed by atoms with Crippen LogP contribution >= 0.6 is 0 Å². The van der Waals surface area contributed by atoms with Gasteiger partial charge in [0.05, 0.1) is 0 Å².